The third-order valence-corrected chi connectivity index (χ3v) is 1.74. The van der Waals surface area contributed by atoms with Crippen LogP contribution < -0.4 is 0 Å². The molecule has 1 rings (SSSR count). The molecule has 1 fully saturated rings. The van der Waals surface area contributed by atoms with Crippen molar-refractivity contribution in [1.82, 2.24) is 0 Å². The first-order chi connectivity index (χ1) is 4.70. The lowest BCUT2D eigenvalue weighted by Crippen LogP contribution is -2.47. The SMILES string of the molecule is CCOC1CC(O)(C#N)C1. The molecule has 0 aromatic carbocycles. The van der Waals surface area contributed by atoms with Crippen molar-refractivity contribution in [3.05, 3.63) is 0 Å². The summed E-state index contributed by atoms with van der Waals surface area (Å²) in [7, 11) is 0. The van der Waals surface area contributed by atoms with Crippen LogP contribution in [0.4, 0.5) is 0 Å². The molecule has 0 saturated heterocycles. The van der Waals surface area contributed by atoms with Gasteiger partial charge in [0.1, 0.15) is 0 Å². The summed E-state index contributed by atoms with van der Waals surface area (Å²) >= 11 is 0. The van der Waals surface area contributed by atoms with E-state index in [1.54, 1.807) is 0 Å². The number of nitriles is 1. The molecule has 1 aliphatic rings. The van der Waals surface area contributed by atoms with Crippen LogP contribution in [-0.2, 0) is 4.74 Å². The normalized spacial score (nSPS) is 38.3. The molecular formula is C7H11NO2. The Morgan fingerprint density at radius 3 is 2.80 bits per heavy atom. The molecule has 0 atom stereocenters. The van der Waals surface area contributed by atoms with Crippen LogP contribution in [0.5, 0.6) is 0 Å². The minimum Gasteiger partial charge on any atom is -0.378 e. The molecule has 1 aliphatic carbocycles. The standard InChI is InChI=1S/C7H11NO2/c1-2-10-6-3-7(9,4-6)5-8/h6,9H,2-4H2,1H3. The molecule has 10 heavy (non-hydrogen) atoms. The monoisotopic (exact) mass is 141 g/mol. The predicted octanol–water partition coefficient (Wildman–Crippen LogP) is 0.440. The van der Waals surface area contributed by atoms with E-state index in [0.29, 0.717) is 19.4 Å². The molecule has 3 heteroatoms. The maximum absolute atomic E-state index is 9.17. The smallest absolute Gasteiger partial charge is 0.156 e. The Morgan fingerprint density at radius 1 is 1.80 bits per heavy atom. The Kier molecular flexibility index (Phi) is 1.93. The highest BCUT2D eigenvalue weighted by molar-refractivity contribution is 5.10. The molecule has 0 heterocycles. The van der Waals surface area contributed by atoms with Crippen molar-refractivity contribution in [1.29, 1.82) is 5.26 Å². The Morgan fingerprint density at radius 2 is 2.40 bits per heavy atom. The fourth-order valence-electron chi connectivity index (χ4n) is 1.14. The van der Waals surface area contributed by atoms with E-state index >= 15 is 0 Å². The molecule has 0 unspecified atom stereocenters. The number of nitrogens with zero attached hydrogens (tertiary/aromatic N) is 1. The third kappa shape index (κ3) is 1.28. The summed E-state index contributed by atoms with van der Waals surface area (Å²) < 4.78 is 5.16. The van der Waals surface area contributed by atoms with Crippen LogP contribution >= 0.6 is 0 Å². The van der Waals surface area contributed by atoms with Gasteiger partial charge >= 0.3 is 0 Å². The first-order valence-corrected chi connectivity index (χ1v) is 3.45. The zero-order valence-electron chi connectivity index (χ0n) is 6.00. The molecule has 0 radical (unpaired) electrons. The Labute approximate surface area is 60.2 Å². The number of rotatable bonds is 2. The van der Waals surface area contributed by atoms with E-state index < -0.39 is 5.60 Å². The van der Waals surface area contributed by atoms with E-state index in [0.717, 1.165) is 0 Å². The van der Waals surface area contributed by atoms with Crippen LogP contribution in [0.25, 0.3) is 0 Å². The van der Waals surface area contributed by atoms with Crippen molar-refractivity contribution in [2.45, 2.75) is 31.5 Å². The summed E-state index contributed by atoms with van der Waals surface area (Å²) in [6.07, 6.45) is 1.05. The highest BCUT2D eigenvalue weighted by Gasteiger charge is 2.43. The second-order valence-electron chi connectivity index (χ2n) is 2.63. The van der Waals surface area contributed by atoms with Crippen molar-refractivity contribution in [2.24, 2.45) is 0 Å². The summed E-state index contributed by atoms with van der Waals surface area (Å²) in [4.78, 5) is 0. The maximum atomic E-state index is 9.17. The molecule has 0 bridgehead atoms. The molecule has 0 aromatic heterocycles. The molecule has 3 nitrogen and oxygen atoms in total. The molecule has 1 saturated carbocycles. The summed E-state index contributed by atoms with van der Waals surface area (Å²) in [5, 5.41) is 17.6. The highest BCUT2D eigenvalue weighted by atomic mass is 16.5. The Balaban J connectivity index is 2.24. The van der Waals surface area contributed by atoms with Crippen molar-refractivity contribution in [3.8, 4) is 6.07 Å². The van der Waals surface area contributed by atoms with Gasteiger partial charge in [0, 0.05) is 19.4 Å². The van der Waals surface area contributed by atoms with Gasteiger partial charge in [-0.3, -0.25) is 0 Å². The van der Waals surface area contributed by atoms with Gasteiger partial charge in [-0.05, 0) is 6.92 Å². The average molecular weight is 141 g/mol. The highest BCUT2D eigenvalue weighted by Crippen LogP contribution is 2.33. The molecule has 0 amide bonds. The largest absolute Gasteiger partial charge is 0.378 e. The molecule has 1 N–H and O–H groups in total. The lowest BCUT2D eigenvalue weighted by Gasteiger charge is -2.37. The van der Waals surface area contributed by atoms with Crippen molar-refractivity contribution >= 4 is 0 Å². The number of hydrogen-bond acceptors (Lipinski definition) is 3. The molecule has 56 valence electrons. The minimum atomic E-state index is -1.08. The predicted molar refractivity (Wildman–Crippen MR) is 35.2 cm³/mol. The molecule has 0 spiro atoms. The summed E-state index contributed by atoms with van der Waals surface area (Å²) in [6.45, 7) is 2.57. The van der Waals surface area contributed by atoms with E-state index in [4.69, 9.17) is 10.00 Å². The lowest BCUT2D eigenvalue weighted by atomic mass is 9.79. The summed E-state index contributed by atoms with van der Waals surface area (Å²) in [6, 6.07) is 1.84. The molecular weight excluding hydrogens is 130 g/mol. The molecule has 0 aromatic rings. The van der Waals surface area contributed by atoms with Crippen LogP contribution in [0.1, 0.15) is 19.8 Å². The van der Waals surface area contributed by atoms with Crippen LogP contribution in [0.3, 0.4) is 0 Å². The average Bonchev–Trinajstić information content (AvgIpc) is 1.85. The van der Waals surface area contributed by atoms with Crippen LogP contribution in [-0.4, -0.2) is 23.4 Å². The third-order valence-electron chi connectivity index (χ3n) is 1.74. The van der Waals surface area contributed by atoms with Gasteiger partial charge in [-0.15, -0.1) is 0 Å². The Hall–Kier alpha value is -0.590. The molecule has 0 aliphatic heterocycles. The van der Waals surface area contributed by atoms with Gasteiger partial charge in [-0.25, -0.2) is 0 Å². The van der Waals surface area contributed by atoms with E-state index in [9.17, 15) is 5.11 Å². The fourth-order valence-corrected chi connectivity index (χ4v) is 1.14. The van der Waals surface area contributed by atoms with E-state index in [1.165, 1.54) is 0 Å². The van der Waals surface area contributed by atoms with Gasteiger partial charge in [-0.1, -0.05) is 0 Å². The van der Waals surface area contributed by atoms with E-state index in [-0.39, 0.29) is 6.10 Å². The maximum Gasteiger partial charge on any atom is 0.156 e. The van der Waals surface area contributed by atoms with Crippen LogP contribution in [0, 0.1) is 11.3 Å². The first kappa shape index (κ1) is 7.52. The second-order valence-corrected chi connectivity index (χ2v) is 2.63. The number of hydrogen-bond donors (Lipinski definition) is 1. The van der Waals surface area contributed by atoms with E-state index in [1.807, 2.05) is 13.0 Å². The fraction of sp³-hybridized carbons (Fsp3) is 0.857. The quantitative estimate of drug-likeness (QED) is 0.568. The number of ether oxygens (including phenoxy) is 1. The van der Waals surface area contributed by atoms with Gasteiger partial charge in [0.25, 0.3) is 0 Å². The van der Waals surface area contributed by atoms with Crippen molar-refractivity contribution in [2.75, 3.05) is 6.61 Å². The zero-order valence-corrected chi connectivity index (χ0v) is 6.00. The van der Waals surface area contributed by atoms with E-state index in [2.05, 4.69) is 0 Å². The minimum absolute atomic E-state index is 0.106. The lowest BCUT2D eigenvalue weighted by molar-refractivity contribution is -0.105. The number of aliphatic hydroxyl groups is 1. The topological polar surface area (TPSA) is 53.2 Å². The summed E-state index contributed by atoms with van der Waals surface area (Å²) in [5.74, 6) is 0. The summed E-state index contributed by atoms with van der Waals surface area (Å²) in [5.41, 5.74) is -1.08. The van der Waals surface area contributed by atoms with Crippen molar-refractivity contribution in [3.63, 3.8) is 0 Å². The van der Waals surface area contributed by atoms with Gasteiger partial charge in [0.2, 0.25) is 0 Å². The van der Waals surface area contributed by atoms with Crippen LogP contribution in [0.15, 0.2) is 0 Å². The first-order valence-electron chi connectivity index (χ1n) is 3.45. The van der Waals surface area contributed by atoms with Gasteiger partial charge in [0.15, 0.2) is 5.60 Å². The van der Waals surface area contributed by atoms with Gasteiger partial charge in [0.05, 0.1) is 12.2 Å². The zero-order chi connectivity index (χ0) is 7.61. The van der Waals surface area contributed by atoms with Crippen molar-refractivity contribution < 1.29 is 9.84 Å². The second kappa shape index (κ2) is 2.57. The van der Waals surface area contributed by atoms with Gasteiger partial charge in [-0.2, -0.15) is 5.26 Å². The van der Waals surface area contributed by atoms with Gasteiger partial charge < -0.3 is 9.84 Å². The Bertz CT molecular complexity index is 155. The van der Waals surface area contributed by atoms with Crippen LogP contribution in [0.2, 0.25) is 0 Å².